The summed E-state index contributed by atoms with van der Waals surface area (Å²) in [4.78, 5) is 0. The van der Waals surface area contributed by atoms with Gasteiger partial charge in [-0.3, -0.25) is 0 Å². The SMILES string of the molecule is C.CC.CC.CC.CC.CC.CC(C)C1CCCOC1C(C)C.CC(C)C1CCCS(=O)(=O)C1C(C)C.CC(C)C1CCCSC1C(C)C.CC(C)C1CCC[N-]C1C(C)C.CC(C)C1CCS(=O)(=O)[N-]C1C(C)C.[Rb+].[Rb+]. The first-order valence-electron chi connectivity index (χ1n) is 31.6. The molecule has 0 radical (unpaired) electrons. The first-order valence-corrected chi connectivity index (χ1v) is 36.0. The molecule has 5 rings (SSSR count). The summed E-state index contributed by atoms with van der Waals surface area (Å²) in [5.74, 6) is 11.8. The van der Waals surface area contributed by atoms with Crippen molar-refractivity contribution in [2.24, 2.45) is 88.8 Å². The zero-order valence-corrected chi connectivity index (χ0v) is 69.9. The van der Waals surface area contributed by atoms with Crippen molar-refractivity contribution in [3.8, 4) is 0 Å². The second-order valence-corrected chi connectivity index (χ2v) is 29.2. The van der Waals surface area contributed by atoms with Crippen molar-refractivity contribution in [2.45, 2.75) is 302 Å². The fourth-order valence-electron chi connectivity index (χ4n) is 11.6. The molecule has 5 fully saturated rings. The maximum atomic E-state index is 11.9. The number of rotatable bonds is 10. The first-order chi connectivity index (χ1) is 34.6. The van der Waals surface area contributed by atoms with Gasteiger partial charge in [0, 0.05) is 17.6 Å². The van der Waals surface area contributed by atoms with E-state index in [1.807, 2.05) is 96.9 Å². The van der Waals surface area contributed by atoms with Crippen molar-refractivity contribution < 1.29 is 138 Å². The number of sulfonamides is 1. The molecule has 7 nitrogen and oxygen atoms in total. The molecule has 5 aliphatic heterocycles. The molecule has 10 unspecified atom stereocenters. The predicted molar refractivity (Wildman–Crippen MR) is 347 cm³/mol. The summed E-state index contributed by atoms with van der Waals surface area (Å²) in [5.41, 5.74) is 0. The van der Waals surface area contributed by atoms with Crippen molar-refractivity contribution in [1.29, 1.82) is 0 Å². The van der Waals surface area contributed by atoms with Crippen molar-refractivity contribution >= 4 is 31.6 Å². The summed E-state index contributed by atoms with van der Waals surface area (Å²) in [6, 6.07) is 0.632. The Balaban J connectivity index is -0.000000122. The normalized spacial score (nSPS) is 26.9. The molecule has 77 heavy (non-hydrogen) atoms. The van der Waals surface area contributed by atoms with E-state index in [1.54, 1.807) is 0 Å². The van der Waals surface area contributed by atoms with Crippen LogP contribution in [-0.4, -0.2) is 75.9 Å². The van der Waals surface area contributed by atoms with Gasteiger partial charge >= 0.3 is 116 Å². The molecule has 0 saturated carbocycles. The van der Waals surface area contributed by atoms with Crippen molar-refractivity contribution in [1.82, 2.24) is 0 Å². The monoisotopic (exact) mass is 1300 g/mol. The van der Waals surface area contributed by atoms with Gasteiger partial charge in [0.2, 0.25) is 0 Å². The number of sulfone groups is 1. The maximum Gasteiger partial charge on any atom is 1.00 e. The second-order valence-electron chi connectivity index (χ2n) is 23.9. The maximum absolute atomic E-state index is 11.9. The number of ether oxygens (including phenoxy) is 1. The van der Waals surface area contributed by atoms with Gasteiger partial charge in [0.05, 0.1) is 27.1 Å². The molecule has 5 aliphatic rings. The van der Waals surface area contributed by atoms with Gasteiger partial charge in [-0.25, -0.2) is 16.8 Å². The van der Waals surface area contributed by atoms with Gasteiger partial charge in [-0.1, -0.05) is 252 Å². The first kappa shape index (κ1) is 97.0. The number of hydrogen-bond acceptors (Lipinski definition) is 6. The largest absolute Gasteiger partial charge is 1.00 e. The zero-order chi connectivity index (χ0) is 59.3. The fourth-order valence-corrected chi connectivity index (χ4v) is 17.4. The Morgan fingerprint density at radius 3 is 1.16 bits per heavy atom. The fraction of sp³-hybridized carbons (Fsp3) is 1.00. The van der Waals surface area contributed by atoms with Gasteiger partial charge in [0.25, 0.3) is 0 Å². The number of piperidine rings is 1. The molecule has 0 amide bonds. The number of thioether (sulfide) groups is 1. The topological polar surface area (TPSA) is 106 Å². The number of nitrogens with zero attached hydrogens (tertiary/aromatic N) is 2. The smallest absolute Gasteiger partial charge is 0.659 e. The molecule has 462 valence electrons. The Morgan fingerprint density at radius 2 is 0.818 bits per heavy atom. The van der Waals surface area contributed by atoms with E-state index in [4.69, 9.17) is 10.1 Å². The van der Waals surface area contributed by atoms with Gasteiger partial charge in [0.15, 0.2) is 9.84 Å². The quantitative estimate of drug-likeness (QED) is 0.216. The summed E-state index contributed by atoms with van der Waals surface area (Å²) in [6.45, 7) is 66.8. The Labute approximate surface area is 591 Å². The van der Waals surface area contributed by atoms with Gasteiger partial charge in [-0.15, -0.1) is 18.6 Å². The molecular formula is C65H142N2O5Rb2S3. The zero-order valence-electron chi connectivity index (χ0n) is 57.6. The minimum Gasteiger partial charge on any atom is -0.659 e. The molecule has 0 aromatic heterocycles. The summed E-state index contributed by atoms with van der Waals surface area (Å²) in [5, 5.41) is 5.56. The van der Waals surface area contributed by atoms with E-state index < -0.39 is 19.9 Å². The Kier molecular flexibility index (Phi) is 70.9. The number of hydrogen-bond donors (Lipinski definition) is 0. The molecule has 10 atom stereocenters. The minimum absolute atomic E-state index is 0. The van der Waals surface area contributed by atoms with Crippen molar-refractivity contribution in [3.05, 3.63) is 10.0 Å². The van der Waals surface area contributed by atoms with Crippen LogP contribution in [0.5, 0.6) is 0 Å². The molecule has 0 aromatic carbocycles. The van der Waals surface area contributed by atoms with Gasteiger partial charge in [-0.2, -0.15) is 11.8 Å². The molecular weight excluding hydrogens is 1160 g/mol. The average Bonchev–Trinajstić information content (AvgIpc) is 3.36. The molecule has 5 saturated heterocycles. The van der Waals surface area contributed by atoms with Gasteiger partial charge in [0.1, 0.15) is 0 Å². The standard InChI is InChI=1S/C11H22N.C11H22O2S.C11H22O.C11H22S.C10H20NO2S.5C2H6.CH4.2Rb/c1-8(2)10-6-5-7-12-11(10)9(3)4;1-8(2)10-6-5-7-14(12,13)11(10)9(3)4;2*1-8(2)10-6-5-7-12-11(10)9(3)4;1-7(2)9-5-6-14(12,13)11-10(9)8(3)4;5*1-2;;;/h8-11H,5-7H2,1-4H3;8-11H,5-7H2,1-4H3;2*8-11H,5-7H2,1-4H3;7-10H,5-6H2,1-4H3;5*1-2H3;1H4;;/q-1;;;;-1;;;;;;;2*+1. The second kappa shape index (κ2) is 56.3. The summed E-state index contributed by atoms with van der Waals surface area (Å²) in [6.07, 6.45) is 11.5. The molecule has 0 aliphatic carbocycles. The third kappa shape index (κ3) is 40.8. The third-order valence-electron chi connectivity index (χ3n) is 15.2. The van der Waals surface area contributed by atoms with E-state index in [0.29, 0.717) is 53.4 Å². The van der Waals surface area contributed by atoms with Crippen LogP contribution < -0.4 is 116 Å². The summed E-state index contributed by atoms with van der Waals surface area (Å²) < 4.78 is 56.4. The predicted octanol–water partition coefficient (Wildman–Crippen LogP) is 15.0. The van der Waals surface area contributed by atoms with E-state index in [2.05, 4.69) is 127 Å². The Hall–Kier alpha value is 3.74. The van der Waals surface area contributed by atoms with Crippen LogP contribution in [0.1, 0.15) is 273 Å². The van der Waals surface area contributed by atoms with Crippen LogP contribution in [0.4, 0.5) is 0 Å². The van der Waals surface area contributed by atoms with E-state index >= 15 is 0 Å². The van der Waals surface area contributed by atoms with Crippen LogP contribution in [0.15, 0.2) is 0 Å². The summed E-state index contributed by atoms with van der Waals surface area (Å²) >= 11 is 2.21. The van der Waals surface area contributed by atoms with Crippen LogP contribution in [0, 0.1) is 88.8 Å². The van der Waals surface area contributed by atoms with Gasteiger partial charge in [-0.05, 0) is 116 Å². The van der Waals surface area contributed by atoms with Crippen LogP contribution in [0.25, 0.3) is 10.0 Å². The Morgan fingerprint density at radius 1 is 0.416 bits per heavy atom. The van der Waals surface area contributed by atoms with E-state index in [0.717, 1.165) is 85.0 Å². The molecule has 0 aromatic rings. The Bertz CT molecular complexity index is 1330. The van der Waals surface area contributed by atoms with Crippen LogP contribution in [0.3, 0.4) is 0 Å². The molecule has 0 spiro atoms. The van der Waals surface area contributed by atoms with Gasteiger partial charge < -0.3 is 14.8 Å². The third-order valence-corrected chi connectivity index (χ3v) is 20.9. The van der Waals surface area contributed by atoms with Crippen molar-refractivity contribution in [3.63, 3.8) is 0 Å². The van der Waals surface area contributed by atoms with E-state index in [1.165, 1.54) is 44.3 Å². The van der Waals surface area contributed by atoms with Crippen LogP contribution in [-0.2, 0) is 24.6 Å². The molecule has 5 heterocycles. The molecule has 0 N–H and O–H groups in total. The van der Waals surface area contributed by atoms with Crippen LogP contribution in [0.2, 0.25) is 0 Å². The van der Waals surface area contributed by atoms with Crippen LogP contribution >= 0.6 is 11.8 Å². The van der Waals surface area contributed by atoms with E-state index in [-0.39, 0.29) is 147 Å². The molecule has 0 bridgehead atoms. The average molecular weight is 1300 g/mol. The minimum atomic E-state index is -3.12. The summed E-state index contributed by atoms with van der Waals surface area (Å²) in [7, 11) is -5.94. The van der Waals surface area contributed by atoms with E-state index in [9.17, 15) is 16.8 Å². The van der Waals surface area contributed by atoms with Crippen molar-refractivity contribution in [2.75, 3.05) is 30.4 Å². The molecule has 12 heteroatoms.